The highest BCUT2D eigenvalue weighted by Gasteiger charge is 2.31. The molecule has 1 amide bonds. The summed E-state index contributed by atoms with van der Waals surface area (Å²) in [7, 11) is 0. The zero-order chi connectivity index (χ0) is 21.1. The normalized spacial score (nSPS) is 19.5. The molecule has 4 nitrogen and oxygen atoms in total. The molecule has 1 saturated carbocycles. The van der Waals surface area contributed by atoms with Crippen molar-refractivity contribution in [2.45, 2.75) is 44.2 Å². The van der Waals surface area contributed by atoms with Gasteiger partial charge in [0.2, 0.25) is 0 Å². The smallest absolute Gasteiger partial charge is 0.264 e. The van der Waals surface area contributed by atoms with E-state index in [2.05, 4.69) is 9.62 Å². The van der Waals surface area contributed by atoms with Crippen LogP contribution in [-0.2, 0) is 6.54 Å². The van der Waals surface area contributed by atoms with Crippen molar-refractivity contribution >= 4 is 29.5 Å². The number of ether oxygens (including phenoxy) is 1. The van der Waals surface area contributed by atoms with E-state index in [1.165, 1.54) is 18.0 Å². The Hall–Kier alpha value is -1.76. The number of nitrogens with one attached hydrogen (secondary N) is 1. The van der Waals surface area contributed by atoms with Crippen LogP contribution in [0.2, 0.25) is 5.02 Å². The van der Waals surface area contributed by atoms with Crippen LogP contribution in [0.25, 0.3) is 0 Å². The van der Waals surface area contributed by atoms with Gasteiger partial charge in [0.05, 0.1) is 5.56 Å². The number of benzene rings is 2. The van der Waals surface area contributed by atoms with Gasteiger partial charge < -0.3 is 4.74 Å². The number of hydrogen-bond acceptors (Lipinski definition) is 4. The van der Waals surface area contributed by atoms with Gasteiger partial charge in [-0.15, -0.1) is 0 Å². The Morgan fingerprint density at radius 2 is 2.10 bits per heavy atom. The number of carbonyl (C=O) groups excluding carboxylic acids is 1. The fourth-order valence-electron chi connectivity index (χ4n) is 4.01. The highest BCUT2D eigenvalue weighted by Crippen LogP contribution is 2.45. The van der Waals surface area contributed by atoms with Crippen molar-refractivity contribution in [3.8, 4) is 5.75 Å². The number of likely N-dealkylation sites (tertiary alicyclic amines) is 1. The van der Waals surface area contributed by atoms with E-state index in [1.807, 2.05) is 24.3 Å². The number of halogens is 2. The molecule has 7 heteroatoms. The topological polar surface area (TPSA) is 41.6 Å². The summed E-state index contributed by atoms with van der Waals surface area (Å²) in [6.07, 6.45) is 5.78. The molecule has 2 aromatic carbocycles. The third-order valence-corrected chi connectivity index (χ3v) is 6.42. The fourth-order valence-corrected chi connectivity index (χ4v) is 4.50. The van der Waals surface area contributed by atoms with E-state index in [1.54, 1.807) is 12.3 Å². The minimum atomic E-state index is -0.537. The van der Waals surface area contributed by atoms with Crippen molar-refractivity contribution in [3.63, 3.8) is 0 Å². The maximum atomic E-state index is 14.7. The number of amides is 1. The van der Waals surface area contributed by atoms with E-state index in [-0.39, 0.29) is 11.7 Å². The van der Waals surface area contributed by atoms with Crippen molar-refractivity contribution in [3.05, 3.63) is 63.9 Å². The van der Waals surface area contributed by atoms with Crippen molar-refractivity contribution in [2.24, 2.45) is 0 Å². The van der Waals surface area contributed by atoms with E-state index in [0.717, 1.165) is 61.5 Å². The van der Waals surface area contributed by atoms with Gasteiger partial charge in [-0.05, 0) is 61.4 Å². The monoisotopic (exact) mass is 448 g/mol. The summed E-state index contributed by atoms with van der Waals surface area (Å²) >= 11 is 7.48. The number of piperidine rings is 1. The highest BCUT2D eigenvalue weighted by atomic mass is 35.5. The molecule has 2 aliphatic rings. The lowest BCUT2D eigenvalue weighted by Crippen LogP contribution is -2.40. The first-order chi connectivity index (χ1) is 14.5. The van der Waals surface area contributed by atoms with Crippen LogP contribution in [0.3, 0.4) is 0 Å². The van der Waals surface area contributed by atoms with Crippen LogP contribution in [0.5, 0.6) is 5.75 Å². The lowest BCUT2D eigenvalue weighted by molar-refractivity contribution is 0.0832. The van der Waals surface area contributed by atoms with E-state index < -0.39 is 11.7 Å². The van der Waals surface area contributed by atoms with Crippen LogP contribution < -0.4 is 9.46 Å². The molecular formula is C23H26ClFN2O2S. The Morgan fingerprint density at radius 3 is 2.83 bits per heavy atom. The van der Waals surface area contributed by atoms with Gasteiger partial charge in [0.15, 0.2) is 0 Å². The molecule has 1 aliphatic heterocycles. The molecule has 1 N–H and O–H groups in total. The van der Waals surface area contributed by atoms with E-state index in [9.17, 15) is 9.18 Å². The zero-order valence-electron chi connectivity index (χ0n) is 17.0. The van der Waals surface area contributed by atoms with Crippen LogP contribution >= 0.6 is 23.5 Å². The second-order valence-corrected chi connectivity index (χ2v) is 9.01. The second kappa shape index (κ2) is 9.58. The van der Waals surface area contributed by atoms with Crippen molar-refractivity contribution < 1.29 is 13.9 Å². The Bertz CT molecular complexity index is 922. The molecule has 1 atom stereocenters. The maximum absolute atomic E-state index is 14.7. The predicted octanol–water partition coefficient (Wildman–Crippen LogP) is 5.41. The van der Waals surface area contributed by atoms with Gasteiger partial charge in [-0.2, -0.15) is 0 Å². The number of hydrogen-bond donors (Lipinski definition) is 1. The van der Waals surface area contributed by atoms with E-state index in [4.69, 9.17) is 16.3 Å². The van der Waals surface area contributed by atoms with Crippen molar-refractivity contribution in [1.29, 1.82) is 0 Å². The first-order valence-electron chi connectivity index (χ1n) is 10.3. The SMILES string of the molecule is CSNC(=O)c1cc(C2CC2)c(OC2CCCN(Cc3ccccc3Cl)C2)cc1F. The summed E-state index contributed by atoms with van der Waals surface area (Å²) in [5.74, 6) is -0.00809. The minimum absolute atomic E-state index is 0.0102. The molecule has 0 aromatic heterocycles. The second-order valence-electron chi connectivity index (χ2n) is 7.99. The van der Waals surface area contributed by atoms with Gasteiger partial charge in [0, 0.05) is 30.4 Å². The minimum Gasteiger partial charge on any atom is -0.489 e. The summed E-state index contributed by atoms with van der Waals surface area (Å²) in [5.41, 5.74) is 2.14. The summed E-state index contributed by atoms with van der Waals surface area (Å²) < 4.78 is 23.6. The molecule has 2 aromatic rings. The number of rotatable bonds is 7. The summed E-state index contributed by atoms with van der Waals surface area (Å²) in [4.78, 5) is 14.5. The molecule has 0 radical (unpaired) electrons. The Balaban J connectivity index is 1.48. The highest BCUT2D eigenvalue weighted by molar-refractivity contribution is 7.97. The average Bonchev–Trinajstić information content (AvgIpc) is 3.55. The van der Waals surface area contributed by atoms with Gasteiger partial charge in [0.25, 0.3) is 5.91 Å². The van der Waals surface area contributed by atoms with Gasteiger partial charge in [-0.1, -0.05) is 41.7 Å². The fraction of sp³-hybridized carbons (Fsp3) is 0.435. The lowest BCUT2D eigenvalue weighted by atomic mass is 10.0. The predicted molar refractivity (Wildman–Crippen MR) is 120 cm³/mol. The number of nitrogens with zero attached hydrogens (tertiary/aromatic N) is 1. The van der Waals surface area contributed by atoms with Gasteiger partial charge in [-0.25, -0.2) is 4.39 Å². The first kappa shape index (κ1) is 21.5. The summed E-state index contributed by atoms with van der Waals surface area (Å²) in [5, 5.41) is 0.776. The average molecular weight is 449 g/mol. The van der Waals surface area contributed by atoms with Crippen LogP contribution in [0.15, 0.2) is 36.4 Å². The first-order valence-corrected chi connectivity index (χ1v) is 11.9. The molecular weight excluding hydrogens is 423 g/mol. The molecule has 160 valence electrons. The van der Waals surface area contributed by atoms with Crippen LogP contribution in [0.4, 0.5) is 4.39 Å². The van der Waals surface area contributed by atoms with E-state index in [0.29, 0.717) is 11.7 Å². The number of carbonyl (C=O) groups is 1. The van der Waals surface area contributed by atoms with Gasteiger partial charge in [0.1, 0.15) is 17.7 Å². The largest absolute Gasteiger partial charge is 0.489 e. The Morgan fingerprint density at radius 1 is 1.30 bits per heavy atom. The molecule has 2 fully saturated rings. The zero-order valence-corrected chi connectivity index (χ0v) is 18.6. The third-order valence-electron chi connectivity index (χ3n) is 5.66. The molecule has 1 heterocycles. The van der Waals surface area contributed by atoms with Crippen molar-refractivity contribution in [2.75, 3.05) is 19.3 Å². The van der Waals surface area contributed by atoms with Crippen LogP contribution in [-0.4, -0.2) is 36.3 Å². The standard InChI is InChI=1S/C23H26ClFN2O2S/c1-30-26-23(28)19-11-18(15-8-9-15)22(12-21(19)25)29-17-6-4-10-27(14-17)13-16-5-2-3-7-20(16)24/h2-3,5,7,11-12,15,17H,4,6,8-10,13-14H2,1H3,(H,26,28). The molecule has 1 saturated heterocycles. The molecule has 0 spiro atoms. The molecule has 1 unspecified atom stereocenters. The van der Waals surface area contributed by atoms with Crippen LogP contribution in [0.1, 0.15) is 53.1 Å². The molecule has 30 heavy (non-hydrogen) atoms. The maximum Gasteiger partial charge on any atom is 0.264 e. The summed E-state index contributed by atoms with van der Waals surface area (Å²) in [6, 6.07) is 11.0. The van der Waals surface area contributed by atoms with Crippen LogP contribution in [0, 0.1) is 5.82 Å². The molecule has 1 aliphatic carbocycles. The van der Waals surface area contributed by atoms with E-state index >= 15 is 0 Å². The molecule has 0 bridgehead atoms. The lowest BCUT2D eigenvalue weighted by Gasteiger charge is -2.33. The third kappa shape index (κ3) is 5.10. The van der Waals surface area contributed by atoms with Crippen molar-refractivity contribution in [1.82, 2.24) is 9.62 Å². The van der Waals surface area contributed by atoms with Gasteiger partial charge >= 0.3 is 0 Å². The Labute approximate surface area is 186 Å². The summed E-state index contributed by atoms with van der Waals surface area (Å²) in [6.45, 7) is 2.53. The molecule has 4 rings (SSSR count). The Kier molecular flexibility index (Phi) is 6.86. The quantitative estimate of drug-likeness (QED) is 0.575. The van der Waals surface area contributed by atoms with Gasteiger partial charge in [-0.3, -0.25) is 14.4 Å².